The molecule has 0 N–H and O–H groups in total. The summed E-state index contributed by atoms with van der Waals surface area (Å²) >= 11 is 12.2. The van der Waals surface area contributed by atoms with Crippen molar-refractivity contribution >= 4 is 29.2 Å². The minimum absolute atomic E-state index is 0.341. The molecule has 3 rings (SSSR count). The topological polar surface area (TPSA) is 44.1 Å². The Balaban J connectivity index is 1.79. The maximum atomic E-state index is 12.3. The molecule has 0 fully saturated rings. The molecule has 0 bridgehead atoms. The lowest BCUT2D eigenvalue weighted by atomic mass is 10.0. The Morgan fingerprint density at radius 1 is 1.17 bits per heavy atom. The number of nitrogens with zero attached hydrogens (tertiary/aromatic N) is 2. The number of hydrogen-bond donors (Lipinski definition) is 0. The molecule has 0 aliphatic carbocycles. The Hall–Kier alpha value is -2.30. The lowest BCUT2D eigenvalue weighted by Crippen LogP contribution is -2.16. The van der Waals surface area contributed by atoms with Gasteiger partial charge in [0, 0.05) is 6.20 Å². The molecular weight excluding hydrogens is 347 g/mol. The van der Waals surface area contributed by atoms with E-state index in [-0.39, 0.29) is 5.97 Å². The highest BCUT2D eigenvalue weighted by molar-refractivity contribution is 6.32. The molecule has 1 aromatic heterocycles. The SMILES string of the molecule is CC(C(=O)Oc1ccccc1)c1ccc(-n2cc(Cl)cn2)c(Cl)c1. The van der Waals surface area contributed by atoms with Gasteiger partial charge in [0.2, 0.25) is 0 Å². The van der Waals surface area contributed by atoms with Crippen LogP contribution in [0.2, 0.25) is 10.0 Å². The summed E-state index contributed by atoms with van der Waals surface area (Å²) in [6, 6.07) is 14.3. The second kappa shape index (κ2) is 7.07. The molecule has 0 radical (unpaired) electrons. The lowest BCUT2D eigenvalue weighted by Gasteiger charge is -2.13. The van der Waals surface area contributed by atoms with Crippen LogP contribution in [-0.4, -0.2) is 15.7 Å². The molecule has 2 aromatic carbocycles. The van der Waals surface area contributed by atoms with E-state index in [9.17, 15) is 4.79 Å². The summed E-state index contributed by atoms with van der Waals surface area (Å²) < 4.78 is 6.96. The predicted molar refractivity (Wildman–Crippen MR) is 94.1 cm³/mol. The molecule has 24 heavy (non-hydrogen) atoms. The van der Waals surface area contributed by atoms with Crippen molar-refractivity contribution < 1.29 is 9.53 Å². The van der Waals surface area contributed by atoms with Crippen LogP contribution in [0.15, 0.2) is 60.9 Å². The Morgan fingerprint density at radius 2 is 1.92 bits per heavy atom. The fourth-order valence-corrected chi connectivity index (χ4v) is 2.65. The van der Waals surface area contributed by atoms with E-state index >= 15 is 0 Å². The lowest BCUT2D eigenvalue weighted by molar-refractivity contribution is -0.135. The number of aromatic nitrogens is 2. The van der Waals surface area contributed by atoms with Crippen LogP contribution in [0.5, 0.6) is 5.75 Å². The van der Waals surface area contributed by atoms with Gasteiger partial charge in [-0.25, -0.2) is 4.68 Å². The average molecular weight is 361 g/mol. The van der Waals surface area contributed by atoms with E-state index in [0.717, 1.165) is 5.56 Å². The molecule has 0 aliphatic rings. The highest BCUT2D eigenvalue weighted by atomic mass is 35.5. The second-order valence-corrected chi connectivity index (χ2v) is 6.11. The third-order valence-electron chi connectivity index (χ3n) is 3.58. The van der Waals surface area contributed by atoms with E-state index in [1.165, 1.54) is 6.20 Å². The molecule has 1 atom stereocenters. The number of hydrogen-bond acceptors (Lipinski definition) is 3. The van der Waals surface area contributed by atoms with Gasteiger partial charge >= 0.3 is 5.97 Å². The monoisotopic (exact) mass is 360 g/mol. The molecule has 0 amide bonds. The van der Waals surface area contributed by atoms with Gasteiger partial charge in [-0.1, -0.05) is 47.5 Å². The highest BCUT2D eigenvalue weighted by Crippen LogP contribution is 2.27. The number of carbonyl (C=O) groups excluding carboxylic acids is 1. The van der Waals surface area contributed by atoms with Crippen LogP contribution >= 0.6 is 23.2 Å². The van der Waals surface area contributed by atoms with Crippen molar-refractivity contribution in [1.82, 2.24) is 9.78 Å². The zero-order chi connectivity index (χ0) is 17.1. The van der Waals surface area contributed by atoms with Crippen LogP contribution in [-0.2, 0) is 4.79 Å². The number of halogens is 2. The van der Waals surface area contributed by atoms with Gasteiger partial charge in [-0.05, 0) is 36.8 Å². The highest BCUT2D eigenvalue weighted by Gasteiger charge is 2.19. The van der Waals surface area contributed by atoms with Crippen molar-refractivity contribution in [3.63, 3.8) is 0 Å². The minimum Gasteiger partial charge on any atom is -0.426 e. The maximum absolute atomic E-state index is 12.3. The van der Waals surface area contributed by atoms with Crippen LogP contribution in [0.1, 0.15) is 18.4 Å². The minimum atomic E-state index is -0.446. The van der Waals surface area contributed by atoms with Gasteiger partial charge in [-0.3, -0.25) is 4.79 Å². The number of rotatable bonds is 4. The largest absolute Gasteiger partial charge is 0.426 e. The van der Waals surface area contributed by atoms with Gasteiger partial charge in [0.15, 0.2) is 0 Å². The standard InChI is InChI=1S/C18H14Cl2N2O2/c1-12(18(23)24-15-5-3-2-4-6-15)13-7-8-17(16(20)9-13)22-11-14(19)10-21-22/h2-12H,1H3. The van der Waals surface area contributed by atoms with Crippen molar-refractivity contribution in [2.24, 2.45) is 0 Å². The number of esters is 1. The zero-order valence-electron chi connectivity index (χ0n) is 12.8. The molecule has 0 saturated heterocycles. The molecule has 0 spiro atoms. The number of carbonyl (C=O) groups is 1. The molecular formula is C18H14Cl2N2O2. The van der Waals surface area contributed by atoms with E-state index in [0.29, 0.717) is 21.5 Å². The van der Waals surface area contributed by atoms with E-state index in [1.807, 2.05) is 24.3 Å². The van der Waals surface area contributed by atoms with E-state index in [1.54, 1.807) is 42.1 Å². The maximum Gasteiger partial charge on any atom is 0.318 e. The summed E-state index contributed by atoms with van der Waals surface area (Å²) in [5.41, 5.74) is 1.46. The molecule has 1 heterocycles. The first-order valence-corrected chi connectivity index (χ1v) is 8.07. The summed E-state index contributed by atoms with van der Waals surface area (Å²) in [5, 5.41) is 5.12. The van der Waals surface area contributed by atoms with Crippen molar-refractivity contribution in [2.45, 2.75) is 12.8 Å². The molecule has 6 heteroatoms. The molecule has 0 aliphatic heterocycles. The van der Waals surface area contributed by atoms with Gasteiger partial charge in [0.1, 0.15) is 5.75 Å². The first kappa shape index (κ1) is 16.6. The number of para-hydroxylation sites is 1. The smallest absolute Gasteiger partial charge is 0.318 e. The molecule has 122 valence electrons. The van der Waals surface area contributed by atoms with Crippen molar-refractivity contribution in [3.05, 3.63) is 76.5 Å². The number of ether oxygens (including phenoxy) is 1. The van der Waals surface area contributed by atoms with Gasteiger partial charge < -0.3 is 4.74 Å². The molecule has 4 nitrogen and oxygen atoms in total. The summed E-state index contributed by atoms with van der Waals surface area (Å²) in [4.78, 5) is 12.3. The van der Waals surface area contributed by atoms with E-state index in [4.69, 9.17) is 27.9 Å². The first-order valence-electron chi connectivity index (χ1n) is 7.31. The first-order chi connectivity index (χ1) is 11.5. The third-order valence-corrected chi connectivity index (χ3v) is 4.08. The normalized spacial score (nSPS) is 12.0. The van der Waals surface area contributed by atoms with Gasteiger partial charge in [-0.15, -0.1) is 0 Å². The zero-order valence-corrected chi connectivity index (χ0v) is 14.3. The van der Waals surface area contributed by atoms with Crippen LogP contribution in [0.25, 0.3) is 5.69 Å². The van der Waals surface area contributed by atoms with E-state index < -0.39 is 5.92 Å². The van der Waals surface area contributed by atoms with Gasteiger partial charge in [0.05, 0.1) is 27.8 Å². The molecule has 0 saturated carbocycles. The quantitative estimate of drug-likeness (QED) is 0.491. The Kier molecular flexibility index (Phi) is 4.88. The van der Waals surface area contributed by atoms with Gasteiger partial charge in [0.25, 0.3) is 0 Å². The molecule has 3 aromatic rings. The Labute approximate surface area is 149 Å². The summed E-state index contributed by atoms with van der Waals surface area (Å²) in [5.74, 6) is -0.270. The Morgan fingerprint density at radius 3 is 2.54 bits per heavy atom. The van der Waals surface area contributed by atoms with Crippen molar-refractivity contribution in [2.75, 3.05) is 0 Å². The third kappa shape index (κ3) is 3.61. The Bertz CT molecular complexity index is 862. The van der Waals surface area contributed by atoms with Crippen LogP contribution in [0, 0.1) is 0 Å². The summed E-state index contributed by atoms with van der Waals surface area (Å²) in [7, 11) is 0. The fourth-order valence-electron chi connectivity index (χ4n) is 2.24. The fraction of sp³-hybridized carbons (Fsp3) is 0.111. The summed E-state index contributed by atoms with van der Waals surface area (Å²) in [6.07, 6.45) is 3.20. The van der Waals surface area contributed by atoms with E-state index in [2.05, 4.69) is 5.10 Å². The average Bonchev–Trinajstić information content (AvgIpc) is 3.01. The summed E-state index contributed by atoms with van der Waals surface area (Å²) in [6.45, 7) is 1.78. The van der Waals surface area contributed by atoms with Crippen LogP contribution < -0.4 is 4.74 Å². The van der Waals surface area contributed by atoms with Crippen LogP contribution in [0.3, 0.4) is 0 Å². The van der Waals surface area contributed by atoms with Crippen molar-refractivity contribution in [3.8, 4) is 11.4 Å². The molecule has 1 unspecified atom stereocenters. The number of benzene rings is 2. The predicted octanol–water partition coefficient (Wildman–Crippen LogP) is 4.89. The second-order valence-electron chi connectivity index (χ2n) is 5.27. The van der Waals surface area contributed by atoms with Gasteiger partial charge in [-0.2, -0.15) is 5.10 Å². The van der Waals surface area contributed by atoms with Crippen LogP contribution in [0.4, 0.5) is 0 Å². The van der Waals surface area contributed by atoms with Crippen molar-refractivity contribution in [1.29, 1.82) is 0 Å².